The van der Waals surface area contributed by atoms with Crippen molar-refractivity contribution in [3.05, 3.63) is 83.4 Å². The summed E-state index contributed by atoms with van der Waals surface area (Å²) in [5.41, 5.74) is 2.94. The minimum Gasteiger partial charge on any atom is -0.478 e. The first kappa shape index (κ1) is 25.3. The van der Waals surface area contributed by atoms with Gasteiger partial charge in [0.2, 0.25) is 5.78 Å². The second kappa shape index (κ2) is 9.51. The van der Waals surface area contributed by atoms with Gasteiger partial charge >= 0.3 is 11.9 Å². The van der Waals surface area contributed by atoms with E-state index < -0.39 is 23.6 Å². The largest absolute Gasteiger partial charge is 0.478 e. The number of allylic oxidation sites excluding steroid dienone is 7. The maximum atomic E-state index is 12.3. The van der Waals surface area contributed by atoms with Crippen molar-refractivity contribution < 1.29 is 24.6 Å². The van der Waals surface area contributed by atoms with Crippen LogP contribution in [0, 0.1) is 19.8 Å². The molecule has 33 heavy (non-hydrogen) atoms. The van der Waals surface area contributed by atoms with Crippen LogP contribution in [0.2, 0.25) is 10.0 Å². The quantitative estimate of drug-likeness (QED) is 0.458. The summed E-state index contributed by atoms with van der Waals surface area (Å²) in [6.07, 6.45) is 4.10. The average Bonchev–Trinajstić information content (AvgIpc) is 2.77. The fourth-order valence-electron chi connectivity index (χ4n) is 3.95. The zero-order valence-corrected chi connectivity index (χ0v) is 20.7. The van der Waals surface area contributed by atoms with Crippen LogP contribution in [0.1, 0.15) is 30.0 Å². The summed E-state index contributed by atoms with van der Waals surface area (Å²) in [5.74, 6) is -3.84. The third-order valence-corrected chi connectivity index (χ3v) is 7.49. The van der Waals surface area contributed by atoms with Crippen molar-refractivity contribution in [2.45, 2.75) is 27.2 Å². The number of aliphatic carboxylic acids is 2. The molecule has 0 saturated carbocycles. The van der Waals surface area contributed by atoms with Crippen LogP contribution in [0.15, 0.2) is 56.7 Å². The molecule has 2 aliphatic rings. The molecule has 2 N–H and O–H groups in total. The highest BCUT2D eigenvalue weighted by Crippen LogP contribution is 2.46. The standard InChI is InChI=1S/C24H18Cl4O5/c1-9-14(7-17(25)11(3)20(9)27)19(15-8-18(26)22(29)21(28)10(15)2)13-5-4-12(23(30)31)6-16(13)24(32)33/h4,6-8,13H,5H2,1-3H3,(H,30,31)(H,32,33)/b19-15-. The van der Waals surface area contributed by atoms with Gasteiger partial charge in [-0.05, 0) is 78.8 Å². The van der Waals surface area contributed by atoms with Gasteiger partial charge in [0.25, 0.3) is 0 Å². The molecule has 0 radical (unpaired) electrons. The Labute approximate surface area is 210 Å². The van der Waals surface area contributed by atoms with Crippen LogP contribution < -0.4 is 0 Å². The zero-order valence-electron chi connectivity index (χ0n) is 17.7. The first-order chi connectivity index (χ1) is 15.4. The molecule has 1 aromatic rings. The van der Waals surface area contributed by atoms with Crippen LogP contribution in [0.5, 0.6) is 0 Å². The molecule has 0 spiro atoms. The molecule has 0 heterocycles. The van der Waals surface area contributed by atoms with Crippen molar-refractivity contribution in [1.29, 1.82) is 0 Å². The van der Waals surface area contributed by atoms with Crippen LogP contribution in [0.25, 0.3) is 5.57 Å². The van der Waals surface area contributed by atoms with Crippen molar-refractivity contribution in [3.63, 3.8) is 0 Å². The lowest BCUT2D eigenvalue weighted by Crippen LogP contribution is -2.21. The second-order valence-corrected chi connectivity index (χ2v) is 9.29. The Morgan fingerprint density at radius 3 is 2.18 bits per heavy atom. The molecule has 2 aliphatic carbocycles. The van der Waals surface area contributed by atoms with Crippen LogP contribution in [0.4, 0.5) is 0 Å². The zero-order chi connectivity index (χ0) is 24.8. The number of carboxylic acids is 2. The Hall–Kier alpha value is -2.31. The predicted octanol–water partition coefficient (Wildman–Crippen LogP) is 6.62. The van der Waals surface area contributed by atoms with Crippen molar-refractivity contribution >= 4 is 69.7 Å². The minimum absolute atomic E-state index is 0.0749. The molecular formula is C24H18Cl4O5. The summed E-state index contributed by atoms with van der Waals surface area (Å²) in [6, 6.07) is 1.68. The molecule has 3 rings (SSSR count). The lowest BCUT2D eigenvalue weighted by atomic mass is 9.75. The topological polar surface area (TPSA) is 91.7 Å². The molecule has 1 unspecified atom stereocenters. The van der Waals surface area contributed by atoms with Gasteiger partial charge in [0.05, 0.1) is 15.6 Å². The fourth-order valence-corrected chi connectivity index (χ4v) is 4.86. The molecule has 172 valence electrons. The number of hydrogen-bond acceptors (Lipinski definition) is 3. The Kier molecular flexibility index (Phi) is 7.30. The van der Waals surface area contributed by atoms with E-state index in [2.05, 4.69) is 0 Å². The molecule has 1 atom stereocenters. The highest BCUT2D eigenvalue weighted by Gasteiger charge is 2.34. The summed E-state index contributed by atoms with van der Waals surface area (Å²) in [6.45, 7) is 5.16. The smallest absolute Gasteiger partial charge is 0.335 e. The van der Waals surface area contributed by atoms with Crippen LogP contribution in [-0.4, -0.2) is 27.9 Å². The van der Waals surface area contributed by atoms with E-state index in [1.165, 1.54) is 12.2 Å². The number of ketones is 1. The van der Waals surface area contributed by atoms with E-state index >= 15 is 0 Å². The van der Waals surface area contributed by atoms with Crippen molar-refractivity contribution in [2.24, 2.45) is 5.92 Å². The third-order valence-electron chi connectivity index (χ3n) is 5.79. The van der Waals surface area contributed by atoms with Gasteiger partial charge < -0.3 is 10.2 Å². The van der Waals surface area contributed by atoms with Crippen molar-refractivity contribution in [2.75, 3.05) is 0 Å². The van der Waals surface area contributed by atoms with E-state index in [9.17, 15) is 24.6 Å². The van der Waals surface area contributed by atoms with Gasteiger partial charge in [-0.2, -0.15) is 0 Å². The number of carbonyl (C=O) groups excluding carboxylic acids is 1. The molecule has 5 nitrogen and oxygen atoms in total. The SMILES string of the molecule is CC1=C(Cl)C(=O)C(Cl)=C/C1=C(/c1cc(Cl)c(C)c(Cl)c1C)C1CC=C(C(=O)O)C=C1C(=O)O. The Bertz CT molecular complexity index is 1280. The van der Waals surface area contributed by atoms with E-state index in [0.29, 0.717) is 43.5 Å². The number of benzene rings is 1. The summed E-state index contributed by atoms with van der Waals surface area (Å²) in [4.78, 5) is 36.0. The van der Waals surface area contributed by atoms with Gasteiger partial charge in [-0.3, -0.25) is 4.79 Å². The lowest BCUT2D eigenvalue weighted by molar-refractivity contribution is -0.133. The highest BCUT2D eigenvalue weighted by molar-refractivity contribution is 6.55. The predicted molar refractivity (Wildman–Crippen MR) is 130 cm³/mol. The van der Waals surface area contributed by atoms with Gasteiger partial charge in [0.1, 0.15) is 0 Å². The maximum Gasteiger partial charge on any atom is 0.335 e. The molecule has 0 fully saturated rings. The third kappa shape index (κ3) is 4.56. The molecule has 0 saturated heterocycles. The second-order valence-electron chi connectivity index (χ2n) is 7.72. The number of hydrogen-bond donors (Lipinski definition) is 2. The summed E-state index contributed by atoms with van der Waals surface area (Å²) < 4.78 is 0. The number of rotatable bonds is 4. The molecule has 0 aromatic heterocycles. The summed E-state index contributed by atoms with van der Waals surface area (Å²) >= 11 is 25.4. The van der Waals surface area contributed by atoms with E-state index in [4.69, 9.17) is 46.4 Å². The maximum absolute atomic E-state index is 12.3. The Morgan fingerprint density at radius 1 is 0.970 bits per heavy atom. The number of carbonyl (C=O) groups is 3. The first-order valence-corrected chi connectivity index (χ1v) is 11.2. The molecule has 0 amide bonds. The molecule has 0 aliphatic heterocycles. The van der Waals surface area contributed by atoms with Gasteiger partial charge in [0.15, 0.2) is 0 Å². The van der Waals surface area contributed by atoms with Crippen molar-refractivity contribution in [3.8, 4) is 0 Å². The van der Waals surface area contributed by atoms with Crippen LogP contribution >= 0.6 is 46.4 Å². The number of carboxylic acid groups (broad SMARTS) is 2. The van der Waals surface area contributed by atoms with E-state index in [1.807, 2.05) is 0 Å². The van der Waals surface area contributed by atoms with Gasteiger partial charge in [-0.25, -0.2) is 9.59 Å². The molecular weight excluding hydrogens is 510 g/mol. The van der Waals surface area contributed by atoms with Crippen molar-refractivity contribution in [1.82, 2.24) is 0 Å². The Balaban J connectivity index is 2.44. The van der Waals surface area contributed by atoms with Gasteiger partial charge in [-0.1, -0.05) is 52.5 Å². The fraction of sp³-hybridized carbons (Fsp3) is 0.208. The van der Waals surface area contributed by atoms with E-state index in [1.54, 1.807) is 26.8 Å². The normalized spacial score (nSPS) is 20.3. The van der Waals surface area contributed by atoms with Gasteiger partial charge in [0, 0.05) is 21.5 Å². The van der Waals surface area contributed by atoms with E-state index in [0.717, 1.165) is 6.08 Å². The molecule has 1 aromatic carbocycles. The minimum atomic E-state index is -1.28. The summed E-state index contributed by atoms with van der Waals surface area (Å²) in [7, 11) is 0. The first-order valence-electron chi connectivity index (χ1n) is 9.73. The molecule has 0 bridgehead atoms. The van der Waals surface area contributed by atoms with Gasteiger partial charge in [-0.15, -0.1) is 0 Å². The van der Waals surface area contributed by atoms with Crippen LogP contribution in [-0.2, 0) is 14.4 Å². The van der Waals surface area contributed by atoms with E-state index in [-0.39, 0.29) is 27.6 Å². The highest BCUT2D eigenvalue weighted by atomic mass is 35.5. The summed E-state index contributed by atoms with van der Waals surface area (Å²) in [5, 5.41) is 19.9. The lowest BCUT2D eigenvalue weighted by Gasteiger charge is -2.29. The number of halogens is 4. The Morgan fingerprint density at radius 2 is 1.61 bits per heavy atom. The van der Waals surface area contributed by atoms with Crippen LogP contribution in [0.3, 0.4) is 0 Å². The number of Topliss-reactive ketones (excluding diaryl/α,β-unsaturated/α-hetero) is 1. The average molecular weight is 528 g/mol. The molecule has 9 heteroatoms. The monoisotopic (exact) mass is 526 g/mol.